The first kappa shape index (κ1) is 32.5. The smallest absolute Gasteiger partial charge is 0.336 e. The number of nitrogens with two attached hydrogens (primary N) is 1. The Kier molecular flexibility index (Phi) is 10.6. The van der Waals surface area contributed by atoms with E-state index in [4.69, 9.17) is 10.5 Å². The fourth-order valence-electron chi connectivity index (χ4n) is 5.17. The van der Waals surface area contributed by atoms with Crippen LogP contribution in [0.4, 0.5) is 5.69 Å². The number of aromatic carboxylic acids is 1. The van der Waals surface area contributed by atoms with Crippen LogP contribution in [0.2, 0.25) is 0 Å². The number of carbonyl (C=O) groups excluding carboxylic acids is 2. The number of hydrogen-bond acceptors (Lipinski definition) is 6. The quantitative estimate of drug-likeness (QED) is 0.189. The highest BCUT2D eigenvalue weighted by Crippen LogP contribution is 2.39. The first-order chi connectivity index (χ1) is 21.0. The van der Waals surface area contributed by atoms with Crippen LogP contribution in [0.25, 0.3) is 11.6 Å². The number of Topliss-reactive ketones (excluding diaryl/α,β-unsaturated/α-hetero) is 1. The molecule has 44 heavy (non-hydrogen) atoms. The molecule has 1 amide bonds. The van der Waals surface area contributed by atoms with Gasteiger partial charge in [0.1, 0.15) is 17.3 Å². The first-order valence-electron chi connectivity index (χ1n) is 15.3. The lowest BCUT2D eigenvalue weighted by Crippen LogP contribution is -2.29. The van der Waals surface area contributed by atoms with Crippen LogP contribution in [-0.2, 0) is 4.79 Å². The van der Waals surface area contributed by atoms with Crippen molar-refractivity contribution < 1.29 is 24.2 Å². The highest BCUT2D eigenvalue weighted by molar-refractivity contribution is 6.02. The molecule has 0 aromatic heterocycles. The Hall–Kier alpha value is -4.43. The summed E-state index contributed by atoms with van der Waals surface area (Å²) in [6, 6.07) is 16.2. The fourth-order valence-corrected chi connectivity index (χ4v) is 5.17. The molecule has 8 nitrogen and oxygen atoms in total. The zero-order valence-corrected chi connectivity index (χ0v) is 26.3. The van der Waals surface area contributed by atoms with Gasteiger partial charge in [-0.3, -0.25) is 9.59 Å². The van der Waals surface area contributed by atoms with Gasteiger partial charge in [-0.05, 0) is 85.7 Å². The molecule has 1 aliphatic heterocycles. The zero-order chi connectivity index (χ0) is 32.0. The maximum atomic E-state index is 13.0. The van der Waals surface area contributed by atoms with E-state index in [0.717, 1.165) is 40.1 Å². The van der Waals surface area contributed by atoms with Crippen molar-refractivity contribution in [2.45, 2.75) is 58.9 Å². The monoisotopic (exact) mass is 597 g/mol. The molecule has 0 radical (unpaired) electrons. The summed E-state index contributed by atoms with van der Waals surface area (Å²) in [7, 11) is 3.91. The largest absolute Gasteiger partial charge is 0.478 e. The van der Waals surface area contributed by atoms with Crippen molar-refractivity contribution in [3.8, 4) is 11.5 Å². The second kappa shape index (κ2) is 14.4. The van der Waals surface area contributed by atoms with Crippen molar-refractivity contribution in [2.24, 2.45) is 11.7 Å². The molecule has 4 N–H and O–H groups in total. The molecule has 232 valence electrons. The van der Waals surface area contributed by atoms with Gasteiger partial charge in [0.2, 0.25) is 0 Å². The average molecular weight is 598 g/mol. The summed E-state index contributed by atoms with van der Waals surface area (Å²) < 4.78 is 6.44. The number of nitrogens with one attached hydrogen (secondary N) is 1. The number of benzene rings is 3. The standard InChI is InChI=1S/C36H43N3O5/c1-6-22(2)10-11-24-12-15-28-32(19-24)44-33-21-26(39(4)5)14-17-29(33)34(28)27-16-13-25(20-30(27)36(42)43)35(41)38-18-8-7-9-31(37)23(3)40/h11-17,19-22,31H,6-10,18,37H2,1-5H3,(H,38,41)(H,42,43). The van der Waals surface area contributed by atoms with Crippen molar-refractivity contribution in [3.05, 3.63) is 87.3 Å². The second-order valence-electron chi connectivity index (χ2n) is 11.8. The summed E-state index contributed by atoms with van der Waals surface area (Å²) in [5.74, 6) is 0.324. The number of rotatable bonds is 13. The number of hydrogen-bond donors (Lipinski definition) is 3. The van der Waals surface area contributed by atoms with Gasteiger partial charge in [0, 0.05) is 54.3 Å². The molecule has 3 aromatic carbocycles. The molecule has 1 aliphatic rings. The minimum absolute atomic E-state index is 0.0305. The molecule has 0 saturated carbocycles. The second-order valence-corrected chi connectivity index (χ2v) is 11.8. The Morgan fingerprint density at radius 1 is 1.00 bits per heavy atom. The number of amides is 1. The molecule has 2 atom stereocenters. The lowest BCUT2D eigenvalue weighted by Gasteiger charge is -2.24. The average Bonchev–Trinajstić information content (AvgIpc) is 3.01. The molecule has 0 spiro atoms. The van der Waals surface area contributed by atoms with E-state index in [0.29, 0.717) is 48.8 Å². The summed E-state index contributed by atoms with van der Waals surface area (Å²) >= 11 is 0. The molecule has 4 rings (SSSR count). The third-order valence-corrected chi connectivity index (χ3v) is 8.23. The van der Waals surface area contributed by atoms with Gasteiger partial charge in [0.05, 0.1) is 11.6 Å². The van der Waals surface area contributed by atoms with Gasteiger partial charge >= 0.3 is 5.97 Å². The van der Waals surface area contributed by atoms with Gasteiger partial charge in [-0.15, -0.1) is 0 Å². The van der Waals surface area contributed by atoms with E-state index in [1.807, 2.05) is 55.4 Å². The topological polar surface area (TPSA) is 122 Å². The van der Waals surface area contributed by atoms with Crippen LogP contribution in [-0.4, -0.2) is 49.4 Å². The number of fused-ring (bicyclic) bond motifs is 2. The van der Waals surface area contributed by atoms with Crippen LogP contribution in [0, 0.1) is 5.92 Å². The van der Waals surface area contributed by atoms with Crippen molar-refractivity contribution in [1.82, 2.24) is 5.32 Å². The molecule has 1 heterocycles. The Morgan fingerprint density at radius 3 is 2.43 bits per heavy atom. The Morgan fingerprint density at radius 2 is 1.75 bits per heavy atom. The first-order valence-corrected chi connectivity index (χ1v) is 15.3. The summed E-state index contributed by atoms with van der Waals surface area (Å²) in [5.41, 5.74) is 9.06. The molecule has 0 saturated heterocycles. The fraction of sp³-hybridized carbons (Fsp3) is 0.361. The molecule has 2 unspecified atom stereocenters. The molecule has 0 bridgehead atoms. The summed E-state index contributed by atoms with van der Waals surface area (Å²) in [5, 5.41) is 15.0. The summed E-state index contributed by atoms with van der Waals surface area (Å²) in [6.07, 6.45) is 6.17. The number of carbonyl (C=O) groups is 3. The van der Waals surface area contributed by atoms with Crippen LogP contribution < -0.4 is 31.1 Å². The van der Waals surface area contributed by atoms with Crippen LogP contribution in [0.5, 0.6) is 11.5 Å². The molecular weight excluding hydrogens is 554 g/mol. The lowest BCUT2D eigenvalue weighted by molar-refractivity contribution is -0.118. The maximum Gasteiger partial charge on any atom is 0.336 e. The molecule has 8 heteroatoms. The van der Waals surface area contributed by atoms with Crippen molar-refractivity contribution in [2.75, 3.05) is 25.5 Å². The predicted octanol–water partition coefficient (Wildman–Crippen LogP) is 4.84. The maximum absolute atomic E-state index is 13.0. The van der Waals surface area contributed by atoms with Gasteiger partial charge in [-0.1, -0.05) is 38.5 Å². The Balaban J connectivity index is 1.74. The van der Waals surface area contributed by atoms with Crippen LogP contribution in [0.15, 0.2) is 54.6 Å². The van der Waals surface area contributed by atoms with E-state index >= 15 is 0 Å². The van der Waals surface area contributed by atoms with Crippen molar-refractivity contribution in [3.63, 3.8) is 0 Å². The Bertz CT molecular complexity index is 1680. The van der Waals surface area contributed by atoms with Crippen LogP contribution in [0.1, 0.15) is 84.7 Å². The van der Waals surface area contributed by atoms with Gasteiger partial charge in [-0.25, -0.2) is 4.79 Å². The summed E-state index contributed by atoms with van der Waals surface area (Å²) in [4.78, 5) is 38.9. The van der Waals surface area contributed by atoms with Gasteiger partial charge in [-0.2, -0.15) is 0 Å². The van der Waals surface area contributed by atoms with Gasteiger partial charge in [0.25, 0.3) is 5.91 Å². The van der Waals surface area contributed by atoms with Crippen LogP contribution >= 0.6 is 0 Å². The zero-order valence-electron chi connectivity index (χ0n) is 26.3. The highest BCUT2D eigenvalue weighted by atomic mass is 16.5. The number of ketones is 1. The van der Waals surface area contributed by atoms with Gasteiger partial charge < -0.3 is 25.8 Å². The summed E-state index contributed by atoms with van der Waals surface area (Å²) in [6.45, 7) is 6.27. The normalized spacial score (nSPS) is 13.8. The molecular formula is C36H43N3O5. The number of ether oxygens (including phenoxy) is 1. The van der Waals surface area contributed by atoms with E-state index < -0.39 is 12.0 Å². The third-order valence-electron chi connectivity index (χ3n) is 8.23. The number of carboxylic acid groups (broad SMARTS) is 1. The predicted molar refractivity (Wildman–Crippen MR) is 175 cm³/mol. The minimum Gasteiger partial charge on any atom is -0.478 e. The number of anilines is 1. The highest BCUT2D eigenvalue weighted by Gasteiger charge is 2.25. The van der Waals surface area contributed by atoms with E-state index in [9.17, 15) is 19.5 Å². The Labute approximate surface area is 259 Å². The van der Waals surface area contributed by atoms with Crippen molar-refractivity contribution in [1.29, 1.82) is 0 Å². The van der Waals surface area contributed by atoms with E-state index in [2.05, 4.69) is 25.2 Å². The molecule has 0 aliphatic carbocycles. The number of nitrogens with zero attached hydrogens (tertiary/aromatic N) is 1. The number of carboxylic acids is 1. The molecule has 0 fully saturated rings. The molecule has 3 aromatic rings. The lowest BCUT2D eigenvalue weighted by atomic mass is 9.88. The number of unbranched alkanes of at least 4 members (excludes halogenated alkanes) is 1. The minimum atomic E-state index is -1.13. The van der Waals surface area contributed by atoms with Crippen LogP contribution in [0.3, 0.4) is 0 Å². The third kappa shape index (κ3) is 7.55. The van der Waals surface area contributed by atoms with E-state index in [1.54, 1.807) is 12.1 Å². The van der Waals surface area contributed by atoms with E-state index in [-0.39, 0.29) is 22.8 Å². The van der Waals surface area contributed by atoms with Gasteiger partial charge in [0.15, 0.2) is 0 Å². The van der Waals surface area contributed by atoms with E-state index in [1.165, 1.54) is 13.0 Å². The SMILES string of the molecule is CCC(C)CC=c1ccc2c(c1)Oc1cc(N(C)C)ccc1C=2c1ccc(C(=O)NCCCCC(N)C(C)=O)cc1C(=O)O. The van der Waals surface area contributed by atoms with Crippen molar-refractivity contribution >= 4 is 35.0 Å².